The molecule has 0 heterocycles. The molecule has 2 atom stereocenters. The van der Waals surface area contributed by atoms with Crippen molar-refractivity contribution in [1.82, 2.24) is 0 Å². The summed E-state index contributed by atoms with van der Waals surface area (Å²) in [7, 11) is 0. The van der Waals surface area contributed by atoms with Crippen molar-refractivity contribution in [1.29, 1.82) is 0 Å². The maximum absolute atomic E-state index is 11.5. The summed E-state index contributed by atoms with van der Waals surface area (Å²) in [5.74, 6) is 0.612. The van der Waals surface area contributed by atoms with Crippen molar-refractivity contribution in [2.75, 3.05) is 6.61 Å². The van der Waals surface area contributed by atoms with Crippen molar-refractivity contribution in [2.45, 2.75) is 40.0 Å². The Morgan fingerprint density at radius 3 is 2.50 bits per heavy atom. The standard InChI is InChI=1S/C10H18O2/c1-4-8-7-10(8,5-2)9(11)12-6-3/h8H,4-7H2,1-3H3/t8-,10?/m0/s1. The van der Waals surface area contributed by atoms with Crippen molar-refractivity contribution >= 4 is 5.97 Å². The zero-order valence-corrected chi connectivity index (χ0v) is 8.22. The van der Waals surface area contributed by atoms with Gasteiger partial charge in [-0.1, -0.05) is 20.3 Å². The lowest BCUT2D eigenvalue weighted by Gasteiger charge is -2.12. The van der Waals surface area contributed by atoms with E-state index in [2.05, 4.69) is 13.8 Å². The average molecular weight is 170 g/mol. The minimum Gasteiger partial charge on any atom is -0.466 e. The minimum atomic E-state index is -0.0925. The fraction of sp³-hybridized carbons (Fsp3) is 0.900. The largest absolute Gasteiger partial charge is 0.466 e. The van der Waals surface area contributed by atoms with Gasteiger partial charge in [-0.2, -0.15) is 0 Å². The van der Waals surface area contributed by atoms with Crippen molar-refractivity contribution in [3.05, 3.63) is 0 Å². The van der Waals surface area contributed by atoms with Crippen LogP contribution in [0, 0.1) is 11.3 Å². The Labute approximate surface area is 74.3 Å². The smallest absolute Gasteiger partial charge is 0.312 e. The van der Waals surface area contributed by atoms with Gasteiger partial charge in [0.1, 0.15) is 0 Å². The normalized spacial score (nSPS) is 33.1. The molecule has 1 aliphatic rings. The molecule has 0 bridgehead atoms. The van der Waals surface area contributed by atoms with Gasteiger partial charge in [-0.15, -0.1) is 0 Å². The highest BCUT2D eigenvalue weighted by molar-refractivity contribution is 5.80. The van der Waals surface area contributed by atoms with E-state index in [9.17, 15) is 4.79 Å². The first-order valence-electron chi connectivity index (χ1n) is 4.88. The van der Waals surface area contributed by atoms with E-state index in [1.807, 2.05) is 6.92 Å². The number of hydrogen-bond acceptors (Lipinski definition) is 2. The van der Waals surface area contributed by atoms with Gasteiger partial charge in [0.2, 0.25) is 0 Å². The molecular weight excluding hydrogens is 152 g/mol. The number of ether oxygens (including phenoxy) is 1. The molecule has 0 aromatic heterocycles. The molecule has 2 heteroatoms. The van der Waals surface area contributed by atoms with Crippen LogP contribution >= 0.6 is 0 Å². The van der Waals surface area contributed by atoms with Gasteiger partial charge in [0.25, 0.3) is 0 Å². The molecule has 0 saturated heterocycles. The molecule has 1 rings (SSSR count). The third kappa shape index (κ3) is 1.35. The highest BCUT2D eigenvalue weighted by Gasteiger charge is 2.58. The molecule has 0 aliphatic heterocycles. The second-order valence-electron chi connectivity index (χ2n) is 3.54. The second kappa shape index (κ2) is 3.46. The minimum absolute atomic E-state index is 0.0272. The lowest BCUT2D eigenvalue weighted by Crippen LogP contribution is -2.20. The molecular formula is C10H18O2. The maximum Gasteiger partial charge on any atom is 0.312 e. The van der Waals surface area contributed by atoms with Crippen molar-refractivity contribution in [3.8, 4) is 0 Å². The van der Waals surface area contributed by atoms with E-state index in [0.717, 1.165) is 19.3 Å². The maximum atomic E-state index is 11.5. The summed E-state index contributed by atoms with van der Waals surface area (Å²) in [5, 5.41) is 0. The zero-order valence-electron chi connectivity index (χ0n) is 8.22. The Morgan fingerprint density at radius 2 is 2.17 bits per heavy atom. The predicted octanol–water partition coefficient (Wildman–Crippen LogP) is 2.38. The Hall–Kier alpha value is -0.530. The van der Waals surface area contributed by atoms with Gasteiger partial charge in [0.15, 0.2) is 0 Å². The molecule has 12 heavy (non-hydrogen) atoms. The van der Waals surface area contributed by atoms with Gasteiger partial charge < -0.3 is 4.74 Å². The van der Waals surface area contributed by atoms with Crippen LogP contribution in [-0.2, 0) is 9.53 Å². The molecule has 2 nitrogen and oxygen atoms in total. The van der Waals surface area contributed by atoms with Crippen molar-refractivity contribution < 1.29 is 9.53 Å². The first kappa shape index (κ1) is 9.56. The summed E-state index contributed by atoms with van der Waals surface area (Å²) >= 11 is 0. The number of rotatable bonds is 4. The highest BCUT2D eigenvalue weighted by atomic mass is 16.5. The van der Waals surface area contributed by atoms with E-state index in [1.54, 1.807) is 0 Å². The Kier molecular flexibility index (Phi) is 2.76. The molecule has 0 spiro atoms. The number of carbonyl (C=O) groups excluding carboxylic acids is 1. The van der Waals surface area contributed by atoms with Crippen molar-refractivity contribution in [3.63, 3.8) is 0 Å². The SMILES string of the molecule is CCOC(=O)C1(CC)C[C@@H]1CC. The van der Waals surface area contributed by atoms with Crippen LogP contribution in [0.15, 0.2) is 0 Å². The molecule has 0 aromatic rings. The zero-order chi connectivity index (χ0) is 9.19. The molecule has 70 valence electrons. The summed E-state index contributed by atoms with van der Waals surface area (Å²) in [4.78, 5) is 11.5. The number of carbonyl (C=O) groups is 1. The summed E-state index contributed by atoms with van der Waals surface area (Å²) in [6.07, 6.45) is 3.08. The topological polar surface area (TPSA) is 26.3 Å². The van der Waals surface area contributed by atoms with Gasteiger partial charge in [0.05, 0.1) is 12.0 Å². The Morgan fingerprint density at radius 1 is 1.50 bits per heavy atom. The van der Waals surface area contributed by atoms with Crippen LogP contribution in [0.3, 0.4) is 0 Å². The summed E-state index contributed by atoms with van der Waals surface area (Å²) in [6.45, 7) is 6.59. The number of esters is 1. The first-order valence-corrected chi connectivity index (χ1v) is 4.88. The van der Waals surface area contributed by atoms with Crippen LogP contribution in [0.4, 0.5) is 0 Å². The second-order valence-corrected chi connectivity index (χ2v) is 3.54. The molecule has 0 aromatic carbocycles. The number of hydrogen-bond donors (Lipinski definition) is 0. The van der Waals surface area contributed by atoms with Gasteiger partial charge in [-0.25, -0.2) is 0 Å². The summed E-state index contributed by atoms with van der Waals surface area (Å²) < 4.78 is 5.05. The van der Waals surface area contributed by atoms with Crippen LogP contribution in [0.1, 0.15) is 40.0 Å². The first-order chi connectivity index (χ1) is 5.71. The van der Waals surface area contributed by atoms with E-state index in [-0.39, 0.29) is 11.4 Å². The predicted molar refractivity (Wildman–Crippen MR) is 47.8 cm³/mol. The van der Waals surface area contributed by atoms with Crippen LogP contribution in [0.2, 0.25) is 0 Å². The molecule has 1 unspecified atom stereocenters. The van der Waals surface area contributed by atoms with Crippen LogP contribution in [0.5, 0.6) is 0 Å². The fourth-order valence-electron chi connectivity index (χ4n) is 2.02. The highest BCUT2D eigenvalue weighted by Crippen LogP contribution is 2.57. The van der Waals surface area contributed by atoms with E-state index in [1.165, 1.54) is 0 Å². The van der Waals surface area contributed by atoms with E-state index < -0.39 is 0 Å². The van der Waals surface area contributed by atoms with Crippen LogP contribution in [-0.4, -0.2) is 12.6 Å². The van der Waals surface area contributed by atoms with Gasteiger partial charge in [0, 0.05) is 0 Å². The van der Waals surface area contributed by atoms with Crippen LogP contribution in [0.25, 0.3) is 0 Å². The molecule has 1 saturated carbocycles. The average Bonchev–Trinajstić information content (AvgIpc) is 2.80. The summed E-state index contributed by atoms with van der Waals surface area (Å²) in [6, 6.07) is 0. The monoisotopic (exact) mass is 170 g/mol. The fourth-order valence-corrected chi connectivity index (χ4v) is 2.02. The van der Waals surface area contributed by atoms with Crippen LogP contribution < -0.4 is 0 Å². The van der Waals surface area contributed by atoms with E-state index in [0.29, 0.717) is 12.5 Å². The lowest BCUT2D eigenvalue weighted by molar-refractivity contribution is -0.150. The van der Waals surface area contributed by atoms with Gasteiger partial charge in [-0.3, -0.25) is 4.79 Å². The van der Waals surface area contributed by atoms with E-state index >= 15 is 0 Å². The van der Waals surface area contributed by atoms with Gasteiger partial charge in [-0.05, 0) is 25.7 Å². The molecule has 1 fully saturated rings. The third-order valence-corrected chi connectivity index (χ3v) is 3.04. The third-order valence-electron chi connectivity index (χ3n) is 3.04. The molecule has 0 amide bonds. The Balaban J connectivity index is 2.53. The lowest BCUT2D eigenvalue weighted by atomic mass is 9.99. The summed E-state index contributed by atoms with van der Waals surface area (Å²) in [5.41, 5.74) is -0.0925. The molecule has 0 N–H and O–H groups in total. The van der Waals surface area contributed by atoms with E-state index in [4.69, 9.17) is 4.74 Å². The molecule has 1 aliphatic carbocycles. The molecule has 0 radical (unpaired) electrons. The quantitative estimate of drug-likeness (QED) is 0.605. The van der Waals surface area contributed by atoms with Gasteiger partial charge >= 0.3 is 5.97 Å². The Bertz CT molecular complexity index is 177. The van der Waals surface area contributed by atoms with Crippen molar-refractivity contribution in [2.24, 2.45) is 11.3 Å².